The predicted molar refractivity (Wildman–Crippen MR) is 79.9 cm³/mol. The molecule has 3 nitrogen and oxygen atoms in total. The second kappa shape index (κ2) is 8.46. The fourth-order valence-electron chi connectivity index (χ4n) is 1.68. The smallest absolute Gasteiger partial charge is 0.416 e. The van der Waals surface area contributed by atoms with Crippen LogP contribution in [0.25, 0.3) is 0 Å². The van der Waals surface area contributed by atoms with E-state index in [1.165, 1.54) is 11.8 Å². The maximum absolute atomic E-state index is 12.3. The molecule has 2 rings (SSSR count). The SMILES string of the molecule is CCCOc1ccc(C(F)(F)F)cc1C.CCc1cnc[nH]1. The first kappa shape index (κ1) is 18.1. The number of halogens is 3. The minimum absolute atomic E-state index is 0.512. The lowest BCUT2D eigenvalue weighted by Gasteiger charge is -2.11. The summed E-state index contributed by atoms with van der Waals surface area (Å²) < 4.78 is 42.2. The molecule has 0 saturated heterocycles. The number of hydrogen-bond donors (Lipinski definition) is 1. The summed E-state index contributed by atoms with van der Waals surface area (Å²) in [6.07, 6.45) is 1.12. The monoisotopic (exact) mass is 314 g/mol. The van der Waals surface area contributed by atoms with Crippen LogP contribution in [-0.2, 0) is 12.6 Å². The number of ether oxygens (including phenoxy) is 1. The summed E-state index contributed by atoms with van der Waals surface area (Å²) in [6.45, 7) is 6.17. The van der Waals surface area contributed by atoms with E-state index in [9.17, 15) is 13.2 Å². The molecule has 0 aliphatic rings. The molecule has 0 bridgehead atoms. The summed E-state index contributed by atoms with van der Waals surface area (Å²) in [6, 6.07) is 3.51. The molecule has 1 N–H and O–H groups in total. The molecule has 0 unspecified atom stereocenters. The Balaban J connectivity index is 0.000000287. The lowest BCUT2D eigenvalue weighted by atomic mass is 10.1. The summed E-state index contributed by atoms with van der Waals surface area (Å²) in [7, 11) is 0. The van der Waals surface area contributed by atoms with Crippen molar-refractivity contribution in [2.75, 3.05) is 6.61 Å². The maximum atomic E-state index is 12.3. The van der Waals surface area contributed by atoms with Crippen molar-refractivity contribution < 1.29 is 17.9 Å². The molecule has 1 aromatic heterocycles. The Hall–Kier alpha value is -1.98. The van der Waals surface area contributed by atoms with Gasteiger partial charge in [0, 0.05) is 11.9 Å². The lowest BCUT2D eigenvalue weighted by Crippen LogP contribution is -2.06. The molecule has 122 valence electrons. The molecule has 2 aromatic rings. The summed E-state index contributed by atoms with van der Waals surface area (Å²) in [5.74, 6) is 0.518. The number of aromatic amines is 1. The van der Waals surface area contributed by atoms with Crippen molar-refractivity contribution in [1.29, 1.82) is 0 Å². The Bertz CT molecular complexity index is 551. The van der Waals surface area contributed by atoms with Gasteiger partial charge in [-0.05, 0) is 43.5 Å². The molecule has 0 aliphatic heterocycles. The van der Waals surface area contributed by atoms with Gasteiger partial charge in [-0.25, -0.2) is 4.98 Å². The van der Waals surface area contributed by atoms with Crippen molar-refractivity contribution >= 4 is 0 Å². The van der Waals surface area contributed by atoms with Crippen molar-refractivity contribution in [3.63, 3.8) is 0 Å². The van der Waals surface area contributed by atoms with Crippen LogP contribution < -0.4 is 4.74 Å². The van der Waals surface area contributed by atoms with Crippen LogP contribution in [0, 0.1) is 6.92 Å². The van der Waals surface area contributed by atoms with Gasteiger partial charge in [0.2, 0.25) is 0 Å². The number of alkyl halides is 3. The third-order valence-electron chi connectivity index (χ3n) is 2.90. The first-order valence-electron chi connectivity index (χ1n) is 7.16. The number of aromatic nitrogens is 2. The van der Waals surface area contributed by atoms with Crippen molar-refractivity contribution in [2.24, 2.45) is 0 Å². The van der Waals surface area contributed by atoms with Gasteiger partial charge in [-0.15, -0.1) is 0 Å². The average molecular weight is 314 g/mol. The number of benzene rings is 1. The van der Waals surface area contributed by atoms with Crippen molar-refractivity contribution in [2.45, 2.75) is 39.8 Å². The minimum atomic E-state index is -4.28. The number of rotatable bonds is 4. The van der Waals surface area contributed by atoms with Crippen LogP contribution in [0.3, 0.4) is 0 Å². The predicted octanol–water partition coefficient (Wildman–Crippen LogP) is 4.77. The highest BCUT2D eigenvalue weighted by Crippen LogP contribution is 2.32. The Morgan fingerprint density at radius 1 is 1.23 bits per heavy atom. The molecule has 0 fully saturated rings. The molecular formula is C16H21F3N2O. The molecule has 1 heterocycles. The fourth-order valence-corrected chi connectivity index (χ4v) is 1.68. The summed E-state index contributed by atoms with van der Waals surface area (Å²) in [5.41, 5.74) is 1.07. The quantitative estimate of drug-likeness (QED) is 0.882. The van der Waals surface area contributed by atoms with Crippen LogP contribution in [0.15, 0.2) is 30.7 Å². The largest absolute Gasteiger partial charge is 0.493 e. The number of nitrogens with one attached hydrogen (secondary N) is 1. The standard InChI is InChI=1S/C11H13F3O.C5H8N2/c1-3-6-15-10-5-4-9(7-8(10)2)11(12,13)14;1-2-5-3-6-4-7-5/h4-5,7H,3,6H2,1-2H3;3-4H,2H2,1H3,(H,6,7). The van der Waals surface area contributed by atoms with Crippen LogP contribution in [-0.4, -0.2) is 16.6 Å². The second-order valence-electron chi connectivity index (χ2n) is 4.76. The van der Waals surface area contributed by atoms with Crippen LogP contribution in [0.1, 0.15) is 37.1 Å². The summed E-state index contributed by atoms with van der Waals surface area (Å²) in [4.78, 5) is 6.81. The number of aryl methyl sites for hydroxylation is 2. The van der Waals surface area contributed by atoms with Crippen LogP contribution >= 0.6 is 0 Å². The highest BCUT2D eigenvalue weighted by Gasteiger charge is 2.30. The number of H-pyrrole nitrogens is 1. The van der Waals surface area contributed by atoms with Gasteiger partial charge in [0.05, 0.1) is 18.5 Å². The zero-order chi connectivity index (χ0) is 16.6. The van der Waals surface area contributed by atoms with Crippen LogP contribution in [0.4, 0.5) is 13.2 Å². The molecule has 0 saturated carbocycles. The van der Waals surface area contributed by atoms with Gasteiger partial charge in [-0.3, -0.25) is 0 Å². The highest BCUT2D eigenvalue weighted by molar-refractivity contribution is 5.37. The van der Waals surface area contributed by atoms with Crippen molar-refractivity contribution in [3.8, 4) is 5.75 Å². The maximum Gasteiger partial charge on any atom is 0.416 e. The summed E-state index contributed by atoms with van der Waals surface area (Å²) >= 11 is 0. The van der Waals surface area contributed by atoms with E-state index < -0.39 is 11.7 Å². The topological polar surface area (TPSA) is 37.9 Å². The lowest BCUT2D eigenvalue weighted by molar-refractivity contribution is -0.137. The van der Waals surface area contributed by atoms with Crippen molar-refractivity contribution in [1.82, 2.24) is 9.97 Å². The van der Waals surface area contributed by atoms with E-state index in [1.807, 2.05) is 13.1 Å². The van der Waals surface area contributed by atoms with Crippen molar-refractivity contribution in [3.05, 3.63) is 47.5 Å². The fraction of sp³-hybridized carbons (Fsp3) is 0.438. The van der Waals surface area contributed by atoms with Gasteiger partial charge < -0.3 is 9.72 Å². The first-order chi connectivity index (χ1) is 10.4. The Morgan fingerprint density at radius 3 is 2.36 bits per heavy atom. The Morgan fingerprint density at radius 2 is 1.95 bits per heavy atom. The van der Waals surface area contributed by atoms with E-state index in [0.29, 0.717) is 17.9 Å². The zero-order valence-electron chi connectivity index (χ0n) is 13.0. The van der Waals surface area contributed by atoms with E-state index in [4.69, 9.17) is 4.74 Å². The van der Waals surface area contributed by atoms with Gasteiger partial charge in [0.15, 0.2) is 0 Å². The van der Waals surface area contributed by atoms with E-state index in [1.54, 1.807) is 13.3 Å². The third kappa shape index (κ3) is 5.79. The highest BCUT2D eigenvalue weighted by atomic mass is 19.4. The molecule has 0 spiro atoms. The van der Waals surface area contributed by atoms with Gasteiger partial charge in [-0.1, -0.05) is 13.8 Å². The number of nitrogens with zero attached hydrogens (tertiary/aromatic N) is 1. The van der Waals surface area contributed by atoms with E-state index in [2.05, 4.69) is 16.9 Å². The van der Waals surface area contributed by atoms with Crippen LogP contribution in [0.2, 0.25) is 0 Å². The Kier molecular flexibility index (Phi) is 6.95. The zero-order valence-corrected chi connectivity index (χ0v) is 13.0. The second-order valence-corrected chi connectivity index (χ2v) is 4.76. The van der Waals surface area contributed by atoms with Gasteiger partial charge >= 0.3 is 6.18 Å². The number of hydrogen-bond acceptors (Lipinski definition) is 2. The van der Waals surface area contributed by atoms with E-state index >= 15 is 0 Å². The van der Waals surface area contributed by atoms with Gasteiger partial charge in [0.1, 0.15) is 5.75 Å². The molecule has 22 heavy (non-hydrogen) atoms. The first-order valence-corrected chi connectivity index (χ1v) is 7.16. The molecule has 0 amide bonds. The summed E-state index contributed by atoms with van der Waals surface area (Å²) in [5, 5.41) is 0. The van der Waals surface area contributed by atoms with Gasteiger partial charge in [-0.2, -0.15) is 13.2 Å². The minimum Gasteiger partial charge on any atom is -0.493 e. The van der Waals surface area contributed by atoms with E-state index in [-0.39, 0.29) is 0 Å². The van der Waals surface area contributed by atoms with Crippen LogP contribution in [0.5, 0.6) is 5.75 Å². The molecule has 6 heteroatoms. The third-order valence-corrected chi connectivity index (χ3v) is 2.90. The Labute approximate surface area is 128 Å². The molecular weight excluding hydrogens is 293 g/mol. The molecule has 0 atom stereocenters. The average Bonchev–Trinajstić information content (AvgIpc) is 2.99. The number of imidazole rings is 1. The normalized spacial score (nSPS) is 10.8. The molecule has 0 radical (unpaired) electrons. The van der Waals surface area contributed by atoms with E-state index in [0.717, 1.165) is 25.0 Å². The van der Waals surface area contributed by atoms with Gasteiger partial charge in [0.25, 0.3) is 0 Å². The molecule has 0 aliphatic carbocycles. The molecule has 1 aromatic carbocycles.